The summed E-state index contributed by atoms with van der Waals surface area (Å²) in [5.74, 6) is 0.369. The van der Waals surface area contributed by atoms with Gasteiger partial charge in [0.15, 0.2) is 0 Å². The zero-order valence-corrected chi connectivity index (χ0v) is 13.7. The summed E-state index contributed by atoms with van der Waals surface area (Å²) < 4.78 is 13.2. The van der Waals surface area contributed by atoms with Gasteiger partial charge >= 0.3 is 0 Å². The Morgan fingerprint density at radius 2 is 2.13 bits per heavy atom. The highest BCUT2D eigenvalue weighted by atomic mass is 32.1. The van der Waals surface area contributed by atoms with Crippen LogP contribution in [0.25, 0.3) is 0 Å². The molecule has 1 aliphatic rings. The predicted octanol–water partition coefficient (Wildman–Crippen LogP) is 2.86. The number of rotatable bonds is 5. The van der Waals surface area contributed by atoms with Gasteiger partial charge in [-0.05, 0) is 42.8 Å². The summed E-state index contributed by atoms with van der Waals surface area (Å²) in [5, 5.41) is 5.08. The molecule has 0 spiro atoms. The second-order valence-corrected chi connectivity index (χ2v) is 6.73. The van der Waals surface area contributed by atoms with E-state index in [2.05, 4.69) is 16.4 Å². The van der Waals surface area contributed by atoms with Gasteiger partial charge in [-0.2, -0.15) is 4.39 Å². The van der Waals surface area contributed by atoms with E-state index in [1.54, 1.807) is 17.4 Å². The third-order valence-electron chi connectivity index (χ3n) is 4.14. The summed E-state index contributed by atoms with van der Waals surface area (Å²) in [6.07, 6.45) is 2.45. The molecule has 1 N–H and O–H groups in total. The highest BCUT2D eigenvalue weighted by Crippen LogP contribution is 2.22. The number of thiophene rings is 1. The van der Waals surface area contributed by atoms with Crippen LogP contribution in [0.1, 0.15) is 17.7 Å². The van der Waals surface area contributed by atoms with Crippen molar-refractivity contribution < 1.29 is 9.18 Å². The lowest BCUT2D eigenvalue weighted by atomic mass is 9.96. The molecule has 0 radical (unpaired) electrons. The van der Waals surface area contributed by atoms with E-state index in [4.69, 9.17) is 0 Å². The van der Waals surface area contributed by atoms with Gasteiger partial charge in [0.05, 0.1) is 0 Å². The van der Waals surface area contributed by atoms with Gasteiger partial charge in [0.25, 0.3) is 0 Å². The lowest BCUT2D eigenvalue weighted by Crippen LogP contribution is -2.41. The molecule has 2 aromatic rings. The average molecular weight is 333 g/mol. The number of aromatic nitrogens is 1. The first-order valence-corrected chi connectivity index (χ1v) is 8.78. The molecule has 1 fully saturated rings. The van der Waals surface area contributed by atoms with Gasteiger partial charge in [0.1, 0.15) is 5.82 Å². The van der Waals surface area contributed by atoms with E-state index in [-0.39, 0.29) is 11.8 Å². The lowest BCUT2D eigenvalue weighted by Gasteiger charge is -2.32. The summed E-state index contributed by atoms with van der Waals surface area (Å²) in [6, 6.07) is 8.93. The summed E-state index contributed by atoms with van der Waals surface area (Å²) in [4.78, 5) is 19.5. The summed E-state index contributed by atoms with van der Waals surface area (Å²) >= 11 is 1.71. The largest absolute Gasteiger partial charge is 0.356 e. The van der Waals surface area contributed by atoms with Gasteiger partial charge < -0.3 is 10.2 Å². The number of anilines is 1. The topological polar surface area (TPSA) is 45.2 Å². The van der Waals surface area contributed by atoms with E-state index in [0.29, 0.717) is 12.4 Å². The number of nitrogens with zero attached hydrogens (tertiary/aromatic N) is 2. The van der Waals surface area contributed by atoms with E-state index < -0.39 is 5.95 Å². The van der Waals surface area contributed by atoms with Crippen molar-refractivity contribution in [3.05, 3.63) is 46.5 Å². The Balaban J connectivity index is 1.44. The van der Waals surface area contributed by atoms with Gasteiger partial charge in [0.2, 0.25) is 11.9 Å². The van der Waals surface area contributed by atoms with Crippen LogP contribution < -0.4 is 10.2 Å². The highest BCUT2D eigenvalue weighted by Gasteiger charge is 2.25. The third kappa shape index (κ3) is 4.28. The molecular formula is C17H20FN3OS. The van der Waals surface area contributed by atoms with Crippen LogP contribution >= 0.6 is 11.3 Å². The molecule has 3 rings (SSSR count). The zero-order chi connectivity index (χ0) is 16.1. The highest BCUT2D eigenvalue weighted by molar-refractivity contribution is 7.09. The minimum atomic E-state index is -0.462. The molecule has 23 heavy (non-hydrogen) atoms. The van der Waals surface area contributed by atoms with Gasteiger partial charge in [-0.3, -0.25) is 4.79 Å². The molecule has 0 bridgehead atoms. The van der Waals surface area contributed by atoms with Gasteiger partial charge in [-0.15, -0.1) is 11.3 Å². The fourth-order valence-electron chi connectivity index (χ4n) is 2.85. The fraction of sp³-hybridized carbons (Fsp3) is 0.412. The maximum absolute atomic E-state index is 13.2. The quantitative estimate of drug-likeness (QED) is 0.856. The fourth-order valence-corrected chi connectivity index (χ4v) is 3.56. The number of pyridine rings is 1. The number of carbonyl (C=O) groups is 1. The molecule has 0 unspecified atom stereocenters. The number of nitrogens with one attached hydrogen (secondary N) is 1. The summed E-state index contributed by atoms with van der Waals surface area (Å²) in [5.41, 5.74) is 0. The second-order valence-electron chi connectivity index (χ2n) is 5.70. The normalized spacial score (nSPS) is 15.6. The molecule has 0 aliphatic carbocycles. The SMILES string of the molecule is O=C(NCCc1cccs1)C1CCN(c2cccc(F)n2)CC1. The van der Waals surface area contributed by atoms with Crippen molar-refractivity contribution in [1.29, 1.82) is 0 Å². The number of halogens is 1. The van der Waals surface area contributed by atoms with Crippen LogP contribution in [0, 0.1) is 11.9 Å². The van der Waals surface area contributed by atoms with Crippen LogP contribution in [0.5, 0.6) is 0 Å². The van der Waals surface area contributed by atoms with Gasteiger partial charge in [-0.1, -0.05) is 12.1 Å². The molecule has 1 saturated heterocycles. The Morgan fingerprint density at radius 3 is 2.83 bits per heavy atom. The van der Waals surface area contributed by atoms with Crippen molar-refractivity contribution in [2.75, 3.05) is 24.5 Å². The third-order valence-corrected chi connectivity index (χ3v) is 5.08. The predicted molar refractivity (Wildman–Crippen MR) is 90.2 cm³/mol. The van der Waals surface area contributed by atoms with Crippen molar-refractivity contribution in [1.82, 2.24) is 10.3 Å². The number of piperidine rings is 1. The van der Waals surface area contributed by atoms with Crippen LogP contribution in [0.2, 0.25) is 0 Å². The van der Waals surface area contributed by atoms with Crippen LogP contribution in [-0.4, -0.2) is 30.5 Å². The smallest absolute Gasteiger partial charge is 0.223 e. The Hall–Kier alpha value is -1.95. The maximum atomic E-state index is 13.2. The molecule has 4 nitrogen and oxygen atoms in total. The minimum Gasteiger partial charge on any atom is -0.356 e. The van der Waals surface area contributed by atoms with Crippen LogP contribution in [0.4, 0.5) is 10.2 Å². The Kier molecular flexibility index (Phi) is 5.23. The van der Waals surface area contributed by atoms with Crippen molar-refractivity contribution in [3.63, 3.8) is 0 Å². The van der Waals surface area contributed by atoms with Crippen molar-refractivity contribution in [2.24, 2.45) is 5.92 Å². The summed E-state index contributed by atoms with van der Waals surface area (Å²) in [6.45, 7) is 2.16. The minimum absolute atomic E-state index is 0.0446. The van der Waals surface area contributed by atoms with E-state index in [0.717, 1.165) is 32.4 Å². The average Bonchev–Trinajstić information content (AvgIpc) is 3.08. The molecule has 1 amide bonds. The first-order valence-electron chi connectivity index (χ1n) is 7.90. The van der Waals surface area contributed by atoms with Crippen molar-refractivity contribution in [3.8, 4) is 0 Å². The molecule has 1 aliphatic heterocycles. The summed E-state index contributed by atoms with van der Waals surface area (Å²) in [7, 11) is 0. The standard InChI is InChI=1S/C17H20FN3OS/c18-15-4-1-5-16(20-15)21-10-7-13(8-11-21)17(22)19-9-6-14-3-2-12-23-14/h1-5,12-13H,6-11H2,(H,19,22). The Morgan fingerprint density at radius 1 is 1.30 bits per heavy atom. The van der Waals surface area contributed by atoms with E-state index >= 15 is 0 Å². The first-order chi connectivity index (χ1) is 11.2. The molecular weight excluding hydrogens is 313 g/mol. The van der Waals surface area contributed by atoms with Crippen LogP contribution in [-0.2, 0) is 11.2 Å². The van der Waals surface area contributed by atoms with Crippen molar-refractivity contribution >= 4 is 23.1 Å². The maximum Gasteiger partial charge on any atom is 0.223 e. The molecule has 0 aromatic carbocycles. The van der Waals surface area contributed by atoms with Gasteiger partial charge in [-0.25, -0.2) is 4.98 Å². The lowest BCUT2D eigenvalue weighted by molar-refractivity contribution is -0.125. The number of amides is 1. The number of hydrogen-bond donors (Lipinski definition) is 1. The monoisotopic (exact) mass is 333 g/mol. The first kappa shape index (κ1) is 15.9. The van der Waals surface area contributed by atoms with E-state index in [9.17, 15) is 9.18 Å². The van der Waals surface area contributed by atoms with Gasteiger partial charge in [0, 0.05) is 30.4 Å². The van der Waals surface area contributed by atoms with Crippen LogP contribution in [0.3, 0.4) is 0 Å². The number of hydrogen-bond acceptors (Lipinski definition) is 4. The Bertz CT molecular complexity index is 639. The zero-order valence-electron chi connectivity index (χ0n) is 12.9. The Labute approximate surface area is 139 Å². The molecule has 2 aromatic heterocycles. The van der Waals surface area contributed by atoms with E-state index in [1.807, 2.05) is 22.4 Å². The molecule has 0 saturated carbocycles. The van der Waals surface area contributed by atoms with Crippen LogP contribution in [0.15, 0.2) is 35.7 Å². The van der Waals surface area contributed by atoms with E-state index in [1.165, 1.54) is 10.9 Å². The molecule has 0 atom stereocenters. The molecule has 3 heterocycles. The number of carbonyl (C=O) groups excluding carboxylic acids is 1. The second kappa shape index (κ2) is 7.55. The molecule has 6 heteroatoms. The van der Waals surface area contributed by atoms with Crippen molar-refractivity contribution in [2.45, 2.75) is 19.3 Å². The molecule has 122 valence electrons.